The smallest absolute Gasteiger partial charge is 0.221 e. The summed E-state index contributed by atoms with van der Waals surface area (Å²) in [5.74, 6) is 0.684. The summed E-state index contributed by atoms with van der Waals surface area (Å²) in [5.41, 5.74) is 5.74. The molecule has 4 aromatic rings. The number of nitrogens with zero attached hydrogens (tertiary/aromatic N) is 4. The van der Waals surface area contributed by atoms with Crippen LogP contribution >= 0.6 is 0 Å². The van der Waals surface area contributed by atoms with Crippen LogP contribution in [0.2, 0.25) is 0 Å². The van der Waals surface area contributed by atoms with Gasteiger partial charge in [-0.15, -0.1) is 10.2 Å². The molecule has 1 saturated heterocycles. The van der Waals surface area contributed by atoms with Crippen LogP contribution in [0.25, 0.3) is 16.6 Å². The number of amides is 1. The topological polar surface area (TPSA) is 90.9 Å². The number of rotatable bonds is 10. The summed E-state index contributed by atoms with van der Waals surface area (Å²) >= 11 is 0. The van der Waals surface area contributed by atoms with E-state index in [0.717, 1.165) is 43.2 Å². The molecule has 3 heterocycles. The molecular weight excluding hydrogens is 462 g/mol. The molecule has 2 aromatic carbocycles. The number of likely N-dealkylation sites (tertiary alicyclic amines) is 1. The second-order valence-corrected chi connectivity index (χ2v) is 10.2. The molecule has 0 spiro atoms. The quantitative estimate of drug-likeness (QED) is 0.294. The van der Waals surface area contributed by atoms with Crippen LogP contribution in [0.5, 0.6) is 0 Å². The third kappa shape index (κ3) is 6.45. The van der Waals surface area contributed by atoms with Crippen LogP contribution in [-0.4, -0.2) is 56.7 Å². The Labute approximate surface area is 218 Å². The zero-order valence-electron chi connectivity index (χ0n) is 21.8. The highest BCUT2D eigenvalue weighted by Gasteiger charge is 2.19. The van der Waals surface area contributed by atoms with Gasteiger partial charge in [0.25, 0.3) is 0 Å². The van der Waals surface area contributed by atoms with Crippen molar-refractivity contribution >= 4 is 22.5 Å². The van der Waals surface area contributed by atoms with E-state index >= 15 is 0 Å². The van der Waals surface area contributed by atoms with E-state index in [1.165, 1.54) is 54.9 Å². The molecule has 2 aromatic heterocycles. The molecule has 1 fully saturated rings. The van der Waals surface area contributed by atoms with Gasteiger partial charge < -0.3 is 20.5 Å². The van der Waals surface area contributed by atoms with E-state index in [1.54, 1.807) is 12.7 Å². The van der Waals surface area contributed by atoms with Crippen LogP contribution in [0.1, 0.15) is 50.3 Å². The van der Waals surface area contributed by atoms with Crippen molar-refractivity contribution in [2.75, 3.05) is 31.5 Å². The third-order valence-electron chi connectivity index (χ3n) is 7.54. The molecule has 1 amide bonds. The number of nitrogens with one attached hydrogen (secondary N) is 3. The van der Waals surface area contributed by atoms with Gasteiger partial charge in [-0.3, -0.25) is 9.36 Å². The van der Waals surface area contributed by atoms with E-state index in [4.69, 9.17) is 0 Å². The van der Waals surface area contributed by atoms with E-state index in [2.05, 4.69) is 74.2 Å². The van der Waals surface area contributed by atoms with Gasteiger partial charge in [0.15, 0.2) is 0 Å². The first-order valence-corrected chi connectivity index (χ1v) is 13.3. The highest BCUT2D eigenvalue weighted by atomic mass is 16.1. The first-order valence-electron chi connectivity index (χ1n) is 13.3. The summed E-state index contributed by atoms with van der Waals surface area (Å²) < 4.78 is 1.94. The number of aromatic nitrogens is 4. The summed E-state index contributed by atoms with van der Waals surface area (Å²) in [6.07, 6.45) is 10.4. The van der Waals surface area contributed by atoms with Gasteiger partial charge >= 0.3 is 0 Å². The fraction of sp³-hybridized carbons (Fsp3) is 0.414. The molecule has 0 radical (unpaired) electrons. The maximum atomic E-state index is 11.2. The Bertz CT molecular complexity index is 1290. The van der Waals surface area contributed by atoms with Crippen LogP contribution in [-0.2, 0) is 11.2 Å². The predicted octanol–water partition coefficient (Wildman–Crippen LogP) is 4.70. The zero-order valence-corrected chi connectivity index (χ0v) is 21.8. The normalized spacial score (nSPS) is 15.7. The second kappa shape index (κ2) is 11.7. The van der Waals surface area contributed by atoms with E-state index in [9.17, 15) is 4.79 Å². The van der Waals surface area contributed by atoms with Gasteiger partial charge in [0.1, 0.15) is 12.7 Å². The molecule has 1 unspecified atom stereocenters. The Morgan fingerprint density at radius 2 is 1.86 bits per heavy atom. The van der Waals surface area contributed by atoms with Crippen LogP contribution in [0.4, 0.5) is 5.69 Å². The minimum Gasteiger partial charge on any atom is -0.361 e. The van der Waals surface area contributed by atoms with Crippen molar-refractivity contribution in [3.05, 3.63) is 72.4 Å². The minimum absolute atomic E-state index is 0.0404. The molecule has 3 N–H and O–H groups in total. The monoisotopic (exact) mass is 499 g/mol. The van der Waals surface area contributed by atoms with Gasteiger partial charge in [-0.05, 0) is 106 Å². The van der Waals surface area contributed by atoms with Crippen LogP contribution < -0.4 is 10.6 Å². The summed E-state index contributed by atoms with van der Waals surface area (Å²) in [5, 5.41) is 15.7. The largest absolute Gasteiger partial charge is 0.361 e. The molecule has 194 valence electrons. The number of hydrogen-bond donors (Lipinski definition) is 3. The van der Waals surface area contributed by atoms with Crippen molar-refractivity contribution < 1.29 is 4.79 Å². The number of aromatic amines is 1. The number of anilines is 1. The molecule has 1 aliphatic heterocycles. The first kappa shape index (κ1) is 25.2. The van der Waals surface area contributed by atoms with E-state index in [0.29, 0.717) is 6.04 Å². The zero-order chi connectivity index (χ0) is 25.6. The minimum atomic E-state index is -0.0404. The predicted molar refractivity (Wildman–Crippen MR) is 148 cm³/mol. The molecule has 5 rings (SSSR count). The van der Waals surface area contributed by atoms with Gasteiger partial charge in [-0.1, -0.05) is 12.1 Å². The molecule has 8 nitrogen and oxygen atoms in total. The number of fused-ring (bicyclic) bond motifs is 1. The highest BCUT2D eigenvalue weighted by Crippen LogP contribution is 2.24. The second-order valence-electron chi connectivity index (χ2n) is 10.2. The fourth-order valence-corrected chi connectivity index (χ4v) is 5.29. The summed E-state index contributed by atoms with van der Waals surface area (Å²) in [6.45, 7) is 8.30. The summed E-state index contributed by atoms with van der Waals surface area (Å²) in [4.78, 5) is 17.3. The first-order chi connectivity index (χ1) is 18.0. The Balaban J connectivity index is 1.04. The van der Waals surface area contributed by atoms with Crippen molar-refractivity contribution in [3.8, 4) is 5.69 Å². The Morgan fingerprint density at radius 1 is 1.11 bits per heavy atom. The van der Waals surface area contributed by atoms with Crippen molar-refractivity contribution in [3.63, 3.8) is 0 Å². The lowest BCUT2D eigenvalue weighted by Crippen LogP contribution is -2.38. The summed E-state index contributed by atoms with van der Waals surface area (Å²) in [7, 11) is 0. The maximum absolute atomic E-state index is 11.2. The third-order valence-corrected chi connectivity index (χ3v) is 7.54. The number of carbonyl (C=O) groups excluding carboxylic acids is 1. The van der Waals surface area contributed by atoms with Crippen molar-refractivity contribution in [1.82, 2.24) is 30.0 Å². The molecule has 0 bridgehead atoms. The van der Waals surface area contributed by atoms with Gasteiger partial charge in [-0.25, -0.2) is 0 Å². The van der Waals surface area contributed by atoms with E-state index < -0.39 is 0 Å². The number of aryl methyl sites for hydroxylation is 1. The lowest BCUT2D eigenvalue weighted by molar-refractivity contribution is -0.114. The lowest BCUT2D eigenvalue weighted by Gasteiger charge is -2.32. The van der Waals surface area contributed by atoms with Crippen LogP contribution in [0, 0.1) is 5.92 Å². The SMILES string of the molecule is CC(=O)Nc1ccc(C(C)NCC2CCN(CCCc3c[nH]c4ccc(-n5cnnc5)cc34)CC2)cc1. The van der Waals surface area contributed by atoms with Gasteiger partial charge in [-0.2, -0.15) is 0 Å². The van der Waals surface area contributed by atoms with Crippen LogP contribution in [0.3, 0.4) is 0 Å². The van der Waals surface area contributed by atoms with Crippen molar-refractivity contribution in [1.29, 1.82) is 0 Å². The number of benzene rings is 2. The molecule has 8 heteroatoms. The number of piperidine rings is 1. The van der Waals surface area contributed by atoms with E-state index in [1.807, 2.05) is 16.7 Å². The number of H-pyrrole nitrogens is 1. The Hall–Kier alpha value is -3.49. The number of carbonyl (C=O) groups is 1. The molecule has 0 aliphatic carbocycles. The van der Waals surface area contributed by atoms with E-state index in [-0.39, 0.29) is 5.91 Å². The van der Waals surface area contributed by atoms with Gasteiger partial charge in [0.2, 0.25) is 5.91 Å². The van der Waals surface area contributed by atoms with Gasteiger partial charge in [0.05, 0.1) is 0 Å². The molecule has 1 aliphatic rings. The van der Waals surface area contributed by atoms with Crippen LogP contribution in [0.15, 0.2) is 61.3 Å². The molecular formula is C29H37N7O. The highest BCUT2D eigenvalue weighted by molar-refractivity contribution is 5.88. The average molecular weight is 500 g/mol. The van der Waals surface area contributed by atoms with Crippen molar-refractivity contribution in [2.24, 2.45) is 5.92 Å². The average Bonchev–Trinajstić information content (AvgIpc) is 3.58. The standard InChI is InChI=1S/C29H37N7O/c1-21(24-5-7-26(8-6-24)34-22(2)37)30-17-23-11-14-35(15-12-23)13-3-4-25-18-31-29-10-9-27(16-28(25)29)36-19-32-33-20-36/h5-10,16,18-21,23,30-31H,3-4,11-15,17H2,1-2H3,(H,34,37). The molecule has 0 saturated carbocycles. The summed E-state index contributed by atoms with van der Waals surface area (Å²) in [6, 6.07) is 14.9. The van der Waals surface area contributed by atoms with Gasteiger partial charge in [0, 0.05) is 41.4 Å². The Morgan fingerprint density at radius 3 is 2.59 bits per heavy atom. The maximum Gasteiger partial charge on any atom is 0.221 e. The van der Waals surface area contributed by atoms with Crippen molar-refractivity contribution in [2.45, 2.75) is 45.6 Å². The fourth-order valence-electron chi connectivity index (χ4n) is 5.29. The Kier molecular flexibility index (Phi) is 7.96. The molecule has 1 atom stereocenters. The molecule has 37 heavy (non-hydrogen) atoms. The number of hydrogen-bond acceptors (Lipinski definition) is 5. The lowest BCUT2D eigenvalue weighted by atomic mass is 9.95.